The normalized spacial score (nSPS) is 12.0. The molecule has 0 radical (unpaired) electrons. The van der Waals surface area contributed by atoms with Crippen LogP contribution in [-0.2, 0) is 6.54 Å². The van der Waals surface area contributed by atoms with Crippen LogP contribution in [0.25, 0.3) is 10.9 Å². The number of nitrogens with one attached hydrogen (secondary N) is 1. The Hall–Kier alpha value is -1.06. The van der Waals surface area contributed by atoms with Gasteiger partial charge in [-0.2, -0.15) is 11.8 Å². The summed E-state index contributed by atoms with van der Waals surface area (Å²) in [7, 11) is 0. The van der Waals surface area contributed by atoms with Crippen LogP contribution in [0.4, 0.5) is 0 Å². The summed E-state index contributed by atoms with van der Waals surface area (Å²) in [5.41, 5.74) is 3.53. The van der Waals surface area contributed by atoms with Crippen LogP contribution in [0.3, 0.4) is 0 Å². The number of rotatable bonds is 7. The second-order valence-corrected chi connectivity index (χ2v) is 6.91. The van der Waals surface area contributed by atoms with Gasteiger partial charge in [-0.1, -0.05) is 32.0 Å². The van der Waals surface area contributed by atoms with Crippen molar-refractivity contribution in [2.24, 2.45) is 0 Å². The first-order valence-corrected chi connectivity index (χ1v) is 8.97. The van der Waals surface area contributed by atoms with Gasteiger partial charge in [0, 0.05) is 28.9 Å². The molecule has 0 saturated carbocycles. The third-order valence-corrected chi connectivity index (χ3v) is 6.00. The Labute approximate surface area is 132 Å². The van der Waals surface area contributed by atoms with Crippen molar-refractivity contribution in [2.75, 3.05) is 12.8 Å². The van der Waals surface area contributed by atoms with Crippen LogP contribution in [0.1, 0.15) is 37.9 Å². The van der Waals surface area contributed by atoms with Gasteiger partial charge in [0.2, 0.25) is 0 Å². The average Bonchev–Trinajstić information content (AvgIpc) is 2.52. The fourth-order valence-electron chi connectivity index (χ4n) is 2.83. The van der Waals surface area contributed by atoms with Crippen molar-refractivity contribution in [2.45, 2.75) is 44.9 Å². The molecule has 1 aromatic heterocycles. The molecule has 1 aromatic carbocycles. The maximum Gasteiger partial charge on any atom is 0.0708 e. The van der Waals surface area contributed by atoms with Crippen LogP contribution in [0, 0.1) is 6.92 Å². The molecule has 114 valence electrons. The lowest BCUT2D eigenvalue weighted by atomic mass is 10.0. The highest BCUT2D eigenvalue weighted by atomic mass is 32.2. The topological polar surface area (TPSA) is 24.9 Å². The van der Waals surface area contributed by atoms with E-state index in [1.54, 1.807) is 0 Å². The predicted molar refractivity (Wildman–Crippen MR) is 95.0 cm³/mol. The number of hydrogen-bond acceptors (Lipinski definition) is 3. The Morgan fingerprint density at radius 2 is 1.90 bits per heavy atom. The minimum Gasteiger partial charge on any atom is -0.311 e. The molecule has 0 fully saturated rings. The van der Waals surface area contributed by atoms with Gasteiger partial charge in [-0.15, -0.1) is 0 Å². The van der Waals surface area contributed by atoms with Crippen LogP contribution in [-0.4, -0.2) is 22.5 Å². The smallest absolute Gasteiger partial charge is 0.0708 e. The number of aryl methyl sites for hydroxylation is 1. The number of para-hydroxylation sites is 1. The van der Waals surface area contributed by atoms with E-state index in [9.17, 15) is 0 Å². The Balaban J connectivity index is 2.13. The van der Waals surface area contributed by atoms with E-state index < -0.39 is 0 Å². The number of fused-ring (bicyclic) bond motifs is 1. The zero-order valence-corrected chi connectivity index (χ0v) is 14.4. The first-order valence-electron chi connectivity index (χ1n) is 7.75. The molecule has 3 heteroatoms. The number of aromatic nitrogens is 1. The molecule has 0 amide bonds. The van der Waals surface area contributed by atoms with Crippen LogP contribution in [0.5, 0.6) is 0 Å². The largest absolute Gasteiger partial charge is 0.311 e. The second-order valence-electron chi connectivity index (χ2n) is 5.64. The van der Waals surface area contributed by atoms with Gasteiger partial charge in [0.1, 0.15) is 0 Å². The van der Waals surface area contributed by atoms with Crippen LogP contribution in [0.2, 0.25) is 0 Å². The third-order valence-electron chi connectivity index (χ3n) is 4.41. The highest BCUT2D eigenvalue weighted by Gasteiger charge is 2.24. The summed E-state index contributed by atoms with van der Waals surface area (Å²) in [6.45, 7) is 8.60. The molecule has 0 bridgehead atoms. The lowest BCUT2D eigenvalue weighted by Crippen LogP contribution is -2.36. The van der Waals surface area contributed by atoms with Crippen molar-refractivity contribution in [3.63, 3.8) is 0 Å². The monoisotopic (exact) mass is 302 g/mol. The molecule has 0 unspecified atom stereocenters. The zero-order chi connectivity index (χ0) is 15.3. The van der Waals surface area contributed by atoms with E-state index >= 15 is 0 Å². The molecule has 2 nitrogen and oxygen atoms in total. The Morgan fingerprint density at radius 1 is 1.19 bits per heavy atom. The SMILES string of the molecule is CCC(CC)(CNCc1cc(C)nc2ccccc12)SC. The van der Waals surface area contributed by atoms with E-state index in [1.807, 2.05) is 11.8 Å². The Bertz CT molecular complexity index is 583. The second kappa shape index (κ2) is 7.28. The lowest BCUT2D eigenvalue weighted by Gasteiger charge is -2.30. The van der Waals surface area contributed by atoms with Crippen molar-refractivity contribution in [3.8, 4) is 0 Å². The fourth-order valence-corrected chi connectivity index (χ4v) is 3.65. The summed E-state index contributed by atoms with van der Waals surface area (Å²) in [5.74, 6) is 0. The van der Waals surface area contributed by atoms with Crippen LogP contribution in [0.15, 0.2) is 30.3 Å². The molecule has 0 saturated heterocycles. The highest BCUT2D eigenvalue weighted by Crippen LogP contribution is 2.29. The van der Waals surface area contributed by atoms with E-state index in [-0.39, 0.29) is 0 Å². The minimum absolute atomic E-state index is 0.359. The summed E-state index contributed by atoms with van der Waals surface area (Å²) >= 11 is 1.98. The number of thioether (sulfide) groups is 1. The van der Waals surface area contributed by atoms with Crippen LogP contribution < -0.4 is 5.32 Å². The minimum atomic E-state index is 0.359. The predicted octanol–water partition coefficient (Wildman–Crippen LogP) is 4.55. The van der Waals surface area contributed by atoms with Crippen LogP contribution >= 0.6 is 11.8 Å². The van der Waals surface area contributed by atoms with Crippen molar-refractivity contribution >= 4 is 22.7 Å². The van der Waals surface area contributed by atoms with E-state index in [1.165, 1.54) is 23.8 Å². The number of hydrogen-bond donors (Lipinski definition) is 1. The first-order chi connectivity index (χ1) is 10.1. The van der Waals surface area contributed by atoms with E-state index in [2.05, 4.69) is 67.7 Å². The molecule has 21 heavy (non-hydrogen) atoms. The molecule has 0 aliphatic heterocycles. The lowest BCUT2D eigenvalue weighted by molar-refractivity contribution is 0.495. The van der Waals surface area contributed by atoms with Crippen molar-refractivity contribution < 1.29 is 0 Å². The number of pyridine rings is 1. The maximum atomic E-state index is 4.61. The molecule has 1 heterocycles. The summed E-state index contributed by atoms with van der Waals surface area (Å²) < 4.78 is 0.359. The van der Waals surface area contributed by atoms with E-state index in [0.717, 1.165) is 24.3 Å². The van der Waals surface area contributed by atoms with Gasteiger partial charge in [0.05, 0.1) is 5.52 Å². The van der Waals surface area contributed by atoms with Gasteiger partial charge in [-0.05, 0) is 43.7 Å². The molecule has 0 atom stereocenters. The average molecular weight is 302 g/mol. The fraction of sp³-hybridized carbons (Fsp3) is 0.500. The molecular weight excluding hydrogens is 276 g/mol. The van der Waals surface area contributed by atoms with Gasteiger partial charge in [-0.25, -0.2) is 0 Å². The van der Waals surface area contributed by atoms with Crippen molar-refractivity contribution in [1.29, 1.82) is 0 Å². The standard InChI is InChI=1S/C18H26N2S/c1-5-18(6-2,21-4)13-19-12-15-11-14(3)20-17-10-8-7-9-16(15)17/h7-11,19H,5-6,12-13H2,1-4H3. The quantitative estimate of drug-likeness (QED) is 0.812. The number of benzene rings is 1. The van der Waals surface area contributed by atoms with E-state index in [0.29, 0.717) is 4.75 Å². The molecule has 0 aliphatic carbocycles. The molecule has 0 spiro atoms. The molecule has 0 aliphatic rings. The van der Waals surface area contributed by atoms with Crippen molar-refractivity contribution in [1.82, 2.24) is 10.3 Å². The first kappa shape index (κ1) is 16.3. The summed E-state index contributed by atoms with van der Waals surface area (Å²) in [5, 5.41) is 4.93. The van der Waals surface area contributed by atoms with E-state index in [4.69, 9.17) is 0 Å². The van der Waals surface area contributed by atoms with Gasteiger partial charge in [0.25, 0.3) is 0 Å². The zero-order valence-electron chi connectivity index (χ0n) is 13.6. The summed E-state index contributed by atoms with van der Waals surface area (Å²) in [4.78, 5) is 4.61. The molecular formula is C18H26N2S. The third kappa shape index (κ3) is 3.78. The summed E-state index contributed by atoms with van der Waals surface area (Å²) in [6, 6.07) is 10.6. The van der Waals surface area contributed by atoms with Gasteiger partial charge in [-0.3, -0.25) is 4.98 Å². The number of nitrogens with zero attached hydrogens (tertiary/aromatic N) is 1. The van der Waals surface area contributed by atoms with Gasteiger partial charge in [0.15, 0.2) is 0 Å². The maximum absolute atomic E-state index is 4.61. The highest BCUT2D eigenvalue weighted by molar-refractivity contribution is 8.00. The molecule has 2 rings (SSSR count). The summed E-state index contributed by atoms with van der Waals surface area (Å²) in [6.07, 6.45) is 4.63. The Kier molecular flexibility index (Phi) is 5.65. The Morgan fingerprint density at radius 3 is 2.57 bits per heavy atom. The molecule has 2 aromatic rings. The van der Waals surface area contributed by atoms with Gasteiger partial charge < -0.3 is 5.32 Å². The molecule has 1 N–H and O–H groups in total. The van der Waals surface area contributed by atoms with Gasteiger partial charge >= 0.3 is 0 Å². The van der Waals surface area contributed by atoms with Crippen molar-refractivity contribution in [3.05, 3.63) is 41.6 Å².